The van der Waals surface area contributed by atoms with Crippen molar-refractivity contribution in [3.05, 3.63) is 54.1 Å². The lowest BCUT2D eigenvalue weighted by atomic mass is 10.1. The van der Waals surface area contributed by atoms with Crippen molar-refractivity contribution >= 4 is 11.6 Å². The summed E-state index contributed by atoms with van der Waals surface area (Å²) >= 11 is 0. The van der Waals surface area contributed by atoms with Gasteiger partial charge >= 0.3 is 0 Å². The van der Waals surface area contributed by atoms with Gasteiger partial charge in [-0.05, 0) is 12.1 Å². The Kier molecular flexibility index (Phi) is 1.74. The Balaban J connectivity index is 2.59. The molecule has 1 heterocycles. The molecule has 0 radical (unpaired) electrons. The highest BCUT2D eigenvalue weighted by molar-refractivity contribution is 6.09. The van der Waals surface area contributed by atoms with Crippen LogP contribution in [0.5, 0.6) is 0 Å². The average molecular weight is 171 g/mol. The topological polar surface area (TPSA) is 29.1 Å². The van der Waals surface area contributed by atoms with Crippen molar-refractivity contribution in [3.8, 4) is 0 Å². The molecule has 1 aliphatic rings. The van der Waals surface area contributed by atoms with Crippen LogP contribution >= 0.6 is 0 Å². The summed E-state index contributed by atoms with van der Waals surface area (Å²) in [7, 11) is 0. The third-order valence-corrected chi connectivity index (χ3v) is 1.99. The highest BCUT2D eigenvalue weighted by atomic mass is 16.1. The predicted octanol–water partition coefficient (Wildman–Crippen LogP) is 1.96. The van der Waals surface area contributed by atoms with Crippen LogP contribution in [0.4, 0.5) is 0 Å². The molecule has 1 aromatic carbocycles. The van der Waals surface area contributed by atoms with Gasteiger partial charge in [0.05, 0.1) is 0 Å². The minimum Gasteiger partial charge on any atom is -0.321 e. The highest BCUT2D eigenvalue weighted by Gasteiger charge is 2.21. The summed E-state index contributed by atoms with van der Waals surface area (Å²) in [6, 6.07) is 7.50. The fraction of sp³-hybridized carbons (Fsp3) is 0. The van der Waals surface area contributed by atoms with Gasteiger partial charge in [0.1, 0.15) is 0 Å². The molecule has 2 rings (SSSR count). The number of benzene rings is 1. The average Bonchev–Trinajstić information content (AvgIpc) is 2.46. The van der Waals surface area contributed by atoms with Crippen LogP contribution in [0.3, 0.4) is 0 Å². The maximum Gasteiger partial charge on any atom is 0.256 e. The monoisotopic (exact) mass is 171 g/mol. The van der Waals surface area contributed by atoms with Crippen molar-refractivity contribution in [1.82, 2.24) is 5.32 Å². The summed E-state index contributed by atoms with van der Waals surface area (Å²) in [5.41, 5.74) is 2.51. The van der Waals surface area contributed by atoms with Crippen molar-refractivity contribution in [2.45, 2.75) is 0 Å². The Morgan fingerprint density at radius 2 is 1.92 bits per heavy atom. The third kappa shape index (κ3) is 1.16. The lowest BCUT2D eigenvalue weighted by molar-refractivity contribution is 0.0981. The second-order valence-corrected chi connectivity index (χ2v) is 2.82. The van der Waals surface area contributed by atoms with Crippen LogP contribution in [0.15, 0.2) is 43.0 Å². The first-order valence-corrected chi connectivity index (χ1v) is 4.06. The summed E-state index contributed by atoms with van der Waals surface area (Å²) < 4.78 is 0. The van der Waals surface area contributed by atoms with E-state index in [1.807, 2.05) is 24.3 Å². The van der Waals surface area contributed by atoms with Crippen molar-refractivity contribution < 1.29 is 4.79 Å². The van der Waals surface area contributed by atoms with Crippen LogP contribution in [0.25, 0.3) is 5.70 Å². The first-order chi connectivity index (χ1) is 6.33. The second-order valence-electron chi connectivity index (χ2n) is 2.82. The normalized spacial score (nSPS) is 16.9. The molecule has 2 heteroatoms. The number of allylic oxidation sites excluding steroid dienone is 2. The molecule has 0 unspecified atom stereocenters. The van der Waals surface area contributed by atoms with Crippen LogP contribution in [0.2, 0.25) is 0 Å². The lowest BCUT2D eigenvalue weighted by Gasteiger charge is -1.95. The quantitative estimate of drug-likeness (QED) is 0.687. The Morgan fingerprint density at radius 3 is 2.62 bits per heavy atom. The number of carbonyl (C=O) groups excluding carboxylic acids is 1. The molecule has 1 aliphatic heterocycles. The number of nitrogens with one attached hydrogen (secondary N) is 1. The van der Waals surface area contributed by atoms with E-state index in [2.05, 4.69) is 11.9 Å². The summed E-state index contributed by atoms with van der Waals surface area (Å²) in [6.07, 6.45) is 3.46. The number of rotatable bonds is 1. The van der Waals surface area contributed by atoms with E-state index in [1.54, 1.807) is 12.2 Å². The zero-order valence-electron chi connectivity index (χ0n) is 7.08. The lowest BCUT2D eigenvalue weighted by Crippen LogP contribution is -2.11. The summed E-state index contributed by atoms with van der Waals surface area (Å²) in [5, 5.41) is 2.77. The van der Waals surface area contributed by atoms with Gasteiger partial charge in [0.2, 0.25) is 0 Å². The van der Waals surface area contributed by atoms with E-state index in [1.165, 1.54) is 0 Å². The standard InChI is InChI=1S/C11H9NO/c1-2-5-10-8-6-3-4-7-9(8)11(13)12-10/h2-7H,1H2,(H,12,13)/b10-5+. The molecule has 0 spiro atoms. The Labute approximate surface area is 76.6 Å². The molecule has 1 N–H and O–H groups in total. The number of carbonyl (C=O) groups is 1. The van der Waals surface area contributed by atoms with Crippen LogP contribution < -0.4 is 5.32 Å². The molecule has 2 nitrogen and oxygen atoms in total. The zero-order chi connectivity index (χ0) is 9.26. The Hall–Kier alpha value is -1.83. The number of fused-ring (bicyclic) bond motifs is 1. The maximum atomic E-state index is 11.4. The third-order valence-electron chi connectivity index (χ3n) is 1.99. The SMILES string of the molecule is C=C/C=C1/NC(=O)c2ccccc21. The van der Waals surface area contributed by atoms with Crippen molar-refractivity contribution in [2.75, 3.05) is 0 Å². The van der Waals surface area contributed by atoms with Crippen molar-refractivity contribution in [2.24, 2.45) is 0 Å². The van der Waals surface area contributed by atoms with E-state index in [9.17, 15) is 4.79 Å². The zero-order valence-corrected chi connectivity index (χ0v) is 7.08. The van der Waals surface area contributed by atoms with Gasteiger partial charge in [-0.3, -0.25) is 4.79 Å². The minimum atomic E-state index is -0.0382. The Bertz CT molecular complexity index is 404. The molecule has 13 heavy (non-hydrogen) atoms. The molecule has 0 saturated heterocycles. The molecule has 64 valence electrons. The van der Waals surface area contributed by atoms with Crippen molar-refractivity contribution in [3.63, 3.8) is 0 Å². The highest BCUT2D eigenvalue weighted by Crippen LogP contribution is 2.23. The van der Waals surface area contributed by atoms with E-state index in [0.717, 1.165) is 16.8 Å². The van der Waals surface area contributed by atoms with E-state index in [0.29, 0.717) is 0 Å². The van der Waals surface area contributed by atoms with E-state index < -0.39 is 0 Å². The van der Waals surface area contributed by atoms with Gasteiger partial charge in [-0.2, -0.15) is 0 Å². The molecular weight excluding hydrogens is 162 g/mol. The van der Waals surface area contributed by atoms with Gasteiger partial charge in [-0.1, -0.05) is 30.9 Å². The van der Waals surface area contributed by atoms with Gasteiger partial charge in [0.25, 0.3) is 5.91 Å². The van der Waals surface area contributed by atoms with Crippen LogP contribution in [-0.4, -0.2) is 5.91 Å². The predicted molar refractivity (Wildman–Crippen MR) is 52.1 cm³/mol. The van der Waals surface area contributed by atoms with E-state index >= 15 is 0 Å². The Morgan fingerprint density at radius 1 is 1.23 bits per heavy atom. The van der Waals surface area contributed by atoms with Crippen LogP contribution in [0.1, 0.15) is 15.9 Å². The fourth-order valence-corrected chi connectivity index (χ4v) is 1.42. The molecule has 0 atom stereocenters. The molecule has 0 aliphatic carbocycles. The first kappa shape index (κ1) is 7.80. The summed E-state index contributed by atoms with van der Waals surface area (Å²) in [6.45, 7) is 3.59. The largest absolute Gasteiger partial charge is 0.321 e. The second kappa shape index (κ2) is 2.90. The number of amides is 1. The number of hydrogen-bond acceptors (Lipinski definition) is 1. The van der Waals surface area contributed by atoms with Crippen molar-refractivity contribution in [1.29, 1.82) is 0 Å². The molecule has 0 bridgehead atoms. The maximum absolute atomic E-state index is 11.4. The molecular formula is C11H9NO. The van der Waals surface area contributed by atoms with E-state index in [4.69, 9.17) is 0 Å². The summed E-state index contributed by atoms with van der Waals surface area (Å²) in [5.74, 6) is -0.0382. The fourth-order valence-electron chi connectivity index (χ4n) is 1.42. The smallest absolute Gasteiger partial charge is 0.256 e. The molecule has 0 fully saturated rings. The van der Waals surface area contributed by atoms with Gasteiger partial charge in [0, 0.05) is 16.8 Å². The van der Waals surface area contributed by atoms with Gasteiger partial charge in [-0.15, -0.1) is 0 Å². The van der Waals surface area contributed by atoms with Gasteiger partial charge < -0.3 is 5.32 Å². The molecule has 1 aromatic rings. The minimum absolute atomic E-state index is 0.0382. The molecule has 0 saturated carbocycles. The summed E-state index contributed by atoms with van der Waals surface area (Å²) in [4.78, 5) is 11.4. The number of hydrogen-bond donors (Lipinski definition) is 1. The van der Waals surface area contributed by atoms with Crippen LogP contribution in [0, 0.1) is 0 Å². The first-order valence-electron chi connectivity index (χ1n) is 4.06. The van der Waals surface area contributed by atoms with Gasteiger partial charge in [0.15, 0.2) is 0 Å². The van der Waals surface area contributed by atoms with Gasteiger partial charge in [-0.25, -0.2) is 0 Å². The van der Waals surface area contributed by atoms with E-state index in [-0.39, 0.29) is 5.91 Å². The molecule has 0 aromatic heterocycles. The van der Waals surface area contributed by atoms with Crippen LogP contribution in [-0.2, 0) is 0 Å². The molecule has 1 amide bonds.